The second kappa shape index (κ2) is 10.2. The predicted molar refractivity (Wildman–Crippen MR) is 131 cm³/mol. The molecular weight excluding hydrogens is 400 g/mol. The van der Waals surface area contributed by atoms with Crippen LogP contribution in [0.25, 0.3) is 21.8 Å². The van der Waals surface area contributed by atoms with Gasteiger partial charge in [0.05, 0.1) is 5.69 Å². The third-order valence-electron chi connectivity index (χ3n) is 6.51. The molecule has 0 spiro atoms. The smallest absolute Gasteiger partial charge is 0.227 e. The highest BCUT2D eigenvalue weighted by Gasteiger charge is 2.26. The summed E-state index contributed by atoms with van der Waals surface area (Å²) in [6.07, 6.45) is 8.37. The first kappa shape index (κ1) is 21.8. The molecule has 0 radical (unpaired) electrons. The van der Waals surface area contributed by atoms with Gasteiger partial charge in [-0.1, -0.05) is 62.6 Å². The number of carbonyl (C=O) groups is 1. The van der Waals surface area contributed by atoms with Gasteiger partial charge in [0.15, 0.2) is 0 Å². The Morgan fingerprint density at radius 2 is 1.81 bits per heavy atom. The van der Waals surface area contributed by atoms with E-state index < -0.39 is 0 Å². The van der Waals surface area contributed by atoms with Crippen molar-refractivity contribution in [2.75, 3.05) is 5.32 Å². The molecule has 1 saturated carbocycles. The van der Waals surface area contributed by atoms with E-state index in [1.165, 1.54) is 43.2 Å². The van der Waals surface area contributed by atoms with Gasteiger partial charge in [0.1, 0.15) is 5.01 Å². The Balaban J connectivity index is 1.35. The number of hydrogen-bond donors (Lipinski definition) is 1. The van der Waals surface area contributed by atoms with Crippen molar-refractivity contribution in [3.8, 4) is 21.8 Å². The Bertz CT molecular complexity index is 1000. The largest absolute Gasteiger partial charge is 0.326 e. The van der Waals surface area contributed by atoms with Crippen LogP contribution in [0.3, 0.4) is 0 Å². The number of anilines is 1. The van der Waals surface area contributed by atoms with Gasteiger partial charge in [-0.3, -0.25) is 4.79 Å². The summed E-state index contributed by atoms with van der Waals surface area (Å²) >= 11 is 1.67. The summed E-state index contributed by atoms with van der Waals surface area (Å²) < 4.78 is 0. The van der Waals surface area contributed by atoms with E-state index >= 15 is 0 Å². The molecule has 0 bridgehead atoms. The van der Waals surface area contributed by atoms with E-state index in [1.54, 1.807) is 11.3 Å². The maximum absolute atomic E-state index is 12.7. The van der Waals surface area contributed by atoms with Gasteiger partial charge < -0.3 is 5.32 Å². The van der Waals surface area contributed by atoms with Crippen LogP contribution in [-0.2, 0) is 4.79 Å². The zero-order valence-corrected chi connectivity index (χ0v) is 19.4. The molecule has 1 amide bonds. The highest BCUT2D eigenvalue weighted by atomic mass is 32.1. The van der Waals surface area contributed by atoms with Crippen molar-refractivity contribution in [1.82, 2.24) is 4.98 Å². The molecule has 1 aliphatic carbocycles. The quantitative estimate of drug-likeness (QED) is 0.415. The number of nitrogens with one attached hydrogen (secondary N) is 1. The third kappa shape index (κ3) is 5.43. The predicted octanol–water partition coefficient (Wildman–Crippen LogP) is 7.72. The molecule has 0 unspecified atom stereocenters. The minimum absolute atomic E-state index is 0.160. The second-order valence-corrected chi connectivity index (χ2v) is 9.64. The molecule has 31 heavy (non-hydrogen) atoms. The summed E-state index contributed by atoms with van der Waals surface area (Å²) in [6, 6.07) is 16.4. The van der Waals surface area contributed by atoms with Crippen molar-refractivity contribution in [3.63, 3.8) is 0 Å². The summed E-state index contributed by atoms with van der Waals surface area (Å²) in [6.45, 7) is 4.37. The van der Waals surface area contributed by atoms with Crippen LogP contribution in [0.1, 0.15) is 57.4 Å². The Hall–Kier alpha value is -2.46. The number of hydrogen-bond acceptors (Lipinski definition) is 3. The van der Waals surface area contributed by atoms with E-state index in [9.17, 15) is 4.79 Å². The van der Waals surface area contributed by atoms with Crippen LogP contribution in [0.2, 0.25) is 0 Å². The van der Waals surface area contributed by atoms with Gasteiger partial charge in [0.25, 0.3) is 0 Å². The molecule has 0 aliphatic heterocycles. The molecule has 1 fully saturated rings. The number of amides is 1. The number of rotatable bonds is 7. The SMILES string of the molecule is CCCCC1CCC(C(=O)Nc2ccc(-c3csc(-c4ccccc4C)n3)cc2)CC1. The van der Waals surface area contributed by atoms with E-state index in [-0.39, 0.29) is 11.8 Å². The zero-order valence-electron chi connectivity index (χ0n) is 18.6. The van der Waals surface area contributed by atoms with Crippen molar-refractivity contribution in [2.24, 2.45) is 11.8 Å². The van der Waals surface area contributed by atoms with Crippen molar-refractivity contribution in [2.45, 2.75) is 58.8 Å². The fourth-order valence-corrected chi connectivity index (χ4v) is 5.44. The fraction of sp³-hybridized carbons (Fsp3) is 0.407. The maximum Gasteiger partial charge on any atom is 0.227 e. The first-order valence-electron chi connectivity index (χ1n) is 11.6. The number of nitrogens with zero attached hydrogens (tertiary/aromatic N) is 1. The number of aryl methyl sites for hydroxylation is 1. The molecule has 0 atom stereocenters. The summed E-state index contributed by atoms with van der Waals surface area (Å²) in [5.74, 6) is 1.16. The van der Waals surface area contributed by atoms with Gasteiger partial charge >= 0.3 is 0 Å². The van der Waals surface area contributed by atoms with Gasteiger partial charge in [-0.05, 0) is 56.2 Å². The minimum atomic E-state index is 0.160. The van der Waals surface area contributed by atoms with Crippen LogP contribution in [0.4, 0.5) is 5.69 Å². The van der Waals surface area contributed by atoms with Crippen LogP contribution in [0.15, 0.2) is 53.9 Å². The Labute approximate surface area is 189 Å². The molecule has 4 heteroatoms. The molecule has 1 N–H and O–H groups in total. The van der Waals surface area contributed by atoms with Crippen LogP contribution in [-0.4, -0.2) is 10.9 Å². The Morgan fingerprint density at radius 1 is 1.06 bits per heavy atom. The monoisotopic (exact) mass is 432 g/mol. The number of carbonyl (C=O) groups excluding carboxylic acids is 1. The van der Waals surface area contributed by atoms with E-state index in [1.807, 2.05) is 24.3 Å². The van der Waals surface area contributed by atoms with Gasteiger partial charge in [0, 0.05) is 28.1 Å². The third-order valence-corrected chi connectivity index (χ3v) is 7.39. The number of aromatic nitrogens is 1. The van der Waals surface area contributed by atoms with Crippen molar-refractivity contribution in [1.29, 1.82) is 0 Å². The van der Waals surface area contributed by atoms with Crippen molar-refractivity contribution < 1.29 is 4.79 Å². The van der Waals surface area contributed by atoms with Crippen molar-refractivity contribution >= 4 is 22.9 Å². The molecule has 2 aromatic carbocycles. The number of thiazole rings is 1. The highest BCUT2D eigenvalue weighted by molar-refractivity contribution is 7.13. The lowest BCUT2D eigenvalue weighted by Crippen LogP contribution is -2.27. The molecule has 1 aromatic heterocycles. The molecular formula is C27H32N2OS. The van der Waals surface area contributed by atoms with Crippen LogP contribution in [0, 0.1) is 18.8 Å². The number of unbranched alkanes of at least 4 members (excludes halogenated alkanes) is 1. The molecule has 4 rings (SSSR count). The zero-order chi connectivity index (χ0) is 21.6. The first-order valence-corrected chi connectivity index (χ1v) is 12.4. The van der Waals surface area contributed by atoms with Gasteiger partial charge in [0.2, 0.25) is 5.91 Å². The molecule has 0 saturated heterocycles. The Morgan fingerprint density at radius 3 is 2.52 bits per heavy atom. The van der Waals surface area contributed by atoms with Gasteiger partial charge in [-0.25, -0.2) is 4.98 Å². The van der Waals surface area contributed by atoms with Crippen LogP contribution < -0.4 is 5.32 Å². The van der Waals surface area contributed by atoms with Gasteiger partial charge in [-0.2, -0.15) is 0 Å². The van der Waals surface area contributed by atoms with Crippen molar-refractivity contribution in [3.05, 3.63) is 59.5 Å². The summed E-state index contributed by atoms with van der Waals surface area (Å²) in [5.41, 5.74) is 5.35. The van der Waals surface area contributed by atoms with Crippen LogP contribution >= 0.6 is 11.3 Å². The van der Waals surface area contributed by atoms with E-state index in [4.69, 9.17) is 4.98 Å². The summed E-state index contributed by atoms with van der Waals surface area (Å²) in [4.78, 5) is 17.5. The normalized spacial score (nSPS) is 18.6. The lowest BCUT2D eigenvalue weighted by atomic mass is 9.79. The van der Waals surface area contributed by atoms with Crippen LogP contribution in [0.5, 0.6) is 0 Å². The Kier molecular flexibility index (Phi) is 7.18. The summed E-state index contributed by atoms with van der Waals surface area (Å²) in [5, 5.41) is 6.28. The molecule has 1 aliphatic rings. The van der Waals surface area contributed by atoms with E-state index in [0.717, 1.165) is 40.7 Å². The lowest BCUT2D eigenvalue weighted by molar-refractivity contribution is -0.121. The topological polar surface area (TPSA) is 42.0 Å². The summed E-state index contributed by atoms with van der Waals surface area (Å²) in [7, 11) is 0. The fourth-order valence-electron chi connectivity index (χ4n) is 4.52. The first-order chi connectivity index (χ1) is 15.1. The van der Waals surface area contributed by atoms with Gasteiger partial charge in [-0.15, -0.1) is 11.3 Å². The lowest BCUT2D eigenvalue weighted by Gasteiger charge is -2.27. The minimum Gasteiger partial charge on any atom is -0.326 e. The standard InChI is InChI=1S/C27H32N2OS/c1-3-4-8-20-10-12-22(13-11-20)26(30)28-23-16-14-21(15-17-23)25-18-31-27(29-25)24-9-6-5-7-19(24)2/h5-7,9,14-18,20,22H,3-4,8,10-13H2,1-2H3,(H,28,30). The average molecular weight is 433 g/mol. The highest BCUT2D eigenvalue weighted by Crippen LogP contribution is 2.33. The van der Waals surface area contributed by atoms with E-state index in [0.29, 0.717) is 0 Å². The molecule has 3 aromatic rings. The molecule has 1 heterocycles. The molecule has 3 nitrogen and oxygen atoms in total. The van der Waals surface area contributed by atoms with E-state index in [2.05, 4.69) is 48.8 Å². The maximum atomic E-state index is 12.7. The average Bonchev–Trinajstić information content (AvgIpc) is 3.29. The number of benzene rings is 2. The molecule has 162 valence electrons. The second-order valence-electron chi connectivity index (χ2n) is 8.78.